The second-order valence-electron chi connectivity index (χ2n) is 5.78. The molecule has 106 valence electrons. The van der Waals surface area contributed by atoms with Gasteiger partial charge in [-0.2, -0.15) is 0 Å². The van der Waals surface area contributed by atoms with Gasteiger partial charge in [0.15, 0.2) is 0 Å². The van der Waals surface area contributed by atoms with Crippen LogP contribution in [-0.2, 0) is 0 Å². The van der Waals surface area contributed by atoms with E-state index in [-0.39, 0.29) is 6.10 Å². The smallest absolute Gasteiger partial charge is 0.0667 e. The number of piperidine rings is 1. The molecule has 1 aromatic carbocycles. The van der Waals surface area contributed by atoms with E-state index >= 15 is 0 Å². The van der Waals surface area contributed by atoms with Crippen molar-refractivity contribution in [2.45, 2.75) is 51.0 Å². The van der Waals surface area contributed by atoms with Crippen molar-refractivity contribution in [3.63, 3.8) is 0 Å². The molecule has 0 aliphatic carbocycles. The van der Waals surface area contributed by atoms with Crippen LogP contribution in [0.25, 0.3) is 0 Å². The molecule has 1 aliphatic heterocycles. The number of aliphatic hydroxyl groups is 1. The number of nitrogens with zero attached hydrogens (tertiary/aromatic N) is 1. The third kappa shape index (κ3) is 4.63. The molecule has 0 aromatic heterocycles. The van der Waals surface area contributed by atoms with Gasteiger partial charge in [0.25, 0.3) is 0 Å². The molecule has 19 heavy (non-hydrogen) atoms. The number of rotatable bonds is 6. The summed E-state index contributed by atoms with van der Waals surface area (Å²) in [7, 11) is 0. The molecule has 1 aliphatic rings. The molecule has 1 aromatic rings. The van der Waals surface area contributed by atoms with E-state index in [1.165, 1.54) is 24.8 Å². The van der Waals surface area contributed by atoms with Crippen LogP contribution in [-0.4, -0.2) is 35.7 Å². The molecule has 0 amide bonds. The summed E-state index contributed by atoms with van der Waals surface area (Å²) >= 11 is 0. The first kappa shape index (κ1) is 14.5. The number of unbranched alkanes of at least 4 members (excludes halogenated alkanes) is 1. The van der Waals surface area contributed by atoms with Crippen LogP contribution in [0.5, 0.6) is 0 Å². The van der Waals surface area contributed by atoms with Crippen molar-refractivity contribution in [2.24, 2.45) is 0 Å². The molecule has 0 radical (unpaired) electrons. The third-order valence-electron chi connectivity index (χ3n) is 4.22. The number of aliphatic hydroxyl groups excluding tert-OH is 1. The zero-order valence-electron chi connectivity index (χ0n) is 12.1. The molecule has 1 atom stereocenters. The number of likely N-dealkylation sites (tertiary alicyclic amines) is 1. The van der Waals surface area contributed by atoms with E-state index in [0.717, 1.165) is 32.5 Å². The maximum Gasteiger partial charge on any atom is 0.0667 e. The fraction of sp³-hybridized carbons (Fsp3) is 0.647. The Bertz CT molecular complexity index is 344. The maximum absolute atomic E-state index is 9.97. The van der Waals surface area contributed by atoms with Gasteiger partial charge in [-0.1, -0.05) is 50.1 Å². The van der Waals surface area contributed by atoms with Crippen molar-refractivity contribution in [2.75, 3.05) is 19.6 Å². The van der Waals surface area contributed by atoms with E-state index in [2.05, 4.69) is 42.2 Å². The second-order valence-corrected chi connectivity index (χ2v) is 5.78. The normalized spacial score (nSPS) is 19.5. The Morgan fingerprint density at radius 2 is 1.89 bits per heavy atom. The van der Waals surface area contributed by atoms with E-state index in [9.17, 15) is 5.11 Å². The molecular formula is C17H27NO. The average Bonchev–Trinajstić information content (AvgIpc) is 2.47. The van der Waals surface area contributed by atoms with Crippen LogP contribution in [0.1, 0.15) is 50.5 Å². The van der Waals surface area contributed by atoms with Gasteiger partial charge in [-0.3, -0.25) is 0 Å². The van der Waals surface area contributed by atoms with Crippen molar-refractivity contribution >= 4 is 0 Å². The SMILES string of the molecule is CCCC[C@@H](O)CN1CCC(c2ccccc2)CC1. The summed E-state index contributed by atoms with van der Waals surface area (Å²) in [5, 5.41) is 9.97. The molecule has 2 nitrogen and oxygen atoms in total. The highest BCUT2D eigenvalue weighted by atomic mass is 16.3. The number of hydrogen-bond donors (Lipinski definition) is 1. The van der Waals surface area contributed by atoms with Gasteiger partial charge in [0.1, 0.15) is 0 Å². The van der Waals surface area contributed by atoms with Gasteiger partial charge < -0.3 is 10.0 Å². The Labute approximate surface area is 117 Å². The minimum absolute atomic E-state index is 0.131. The summed E-state index contributed by atoms with van der Waals surface area (Å²) in [6, 6.07) is 10.8. The minimum Gasteiger partial charge on any atom is -0.392 e. The standard InChI is InChI=1S/C17H27NO/c1-2-3-9-17(19)14-18-12-10-16(11-13-18)15-7-5-4-6-8-15/h4-8,16-17,19H,2-3,9-14H2,1H3/t17-/m1/s1. The average molecular weight is 261 g/mol. The lowest BCUT2D eigenvalue weighted by Crippen LogP contribution is -2.38. The number of benzene rings is 1. The molecule has 0 spiro atoms. The van der Waals surface area contributed by atoms with Gasteiger partial charge in [0.2, 0.25) is 0 Å². The molecule has 2 heteroatoms. The molecule has 2 rings (SSSR count). The monoisotopic (exact) mass is 261 g/mol. The van der Waals surface area contributed by atoms with E-state index in [0.29, 0.717) is 5.92 Å². The highest BCUT2D eigenvalue weighted by Crippen LogP contribution is 2.27. The van der Waals surface area contributed by atoms with E-state index in [1.54, 1.807) is 0 Å². The van der Waals surface area contributed by atoms with Crippen molar-refractivity contribution < 1.29 is 5.11 Å². The van der Waals surface area contributed by atoms with Crippen LogP contribution < -0.4 is 0 Å². The van der Waals surface area contributed by atoms with E-state index in [4.69, 9.17) is 0 Å². The molecule has 1 N–H and O–H groups in total. The largest absolute Gasteiger partial charge is 0.392 e. The number of hydrogen-bond acceptors (Lipinski definition) is 2. The zero-order chi connectivity index (χ0) is 13.5. The summed E-state index contributed by atoms with van der Waals surface area (Å²) in [4.78, 5) is 2.43. The Morgan fingerprint density at radius 1 is 1.21 bits per heavy atom. The lowest BCUT2D eigenvalue weighted by atomic mass is 9.89. The first-order chi connectivity index (χ1) is 9.29. The van der Waals surface area contributed by atoms with Crippen LogP contribution in [0, 0.1) is 0 Å². The lowest BCUT2D eigenvalue weighted by Gasteiger charge is -2.33. The van der Waals surface area contributed by atoms with Crippen molar-refractivity contribution in [3.05, 3.63) is 35.9 Å². The quantitative estimate of drug-likeness (QED) is 0.848. The van der Waals surface area contributed by atoms with E-state index in [1.807, 2.05) is 0 Å². The van der Waals surface area contributed by atoms with Gasteiger partial charge in [-0.25, -0.2) is 0 Å². The minimum atomic E-state index is -0.131. The number of β-amino-alcohol motifs (C(OH)–C–C–N with tert-alkyl or cyclic N) is 1. The predicted molar refractivity (Wildman–Crippen MR) is 80.4 cm³/mol. The second kappa shape index (κ2) is 7.66. The van der Waals surface area contributed by atoms with Crippen LogP contribution in [0.3, 0.4) is 0 Å². The summed E-state index contributed by atoms with van der Waals surface area (Å²) < 4.78 is 0. The maximum atomic E-state index is 9.97. The van der Waals surface area contributed by atoms with Crippen molar-refractivity contribution in [1.82, 2.24) is 4.90 Å². The summed E-state index contributed by atoms with van der Waals surface area (Å²) in [6.07, 6.45) is 5.59. The van der Waals surface area contributed by atoms with Gasteiger partial charge >= 0.3 is 0 Å². The van der Waals surface area contributed by atoms with Gasteiger partial charge in [0, 0.05) is 6.54 Å². The molecular weight excluding hydrogens is 234 g/mol. The van der Waals surface area contributed by atoms with Crippen LogP contribution in [0.15, 0.2) is 30.3 Å². The lowest BCUT2D eigenvalue weighted by molar-refractivity contribution is 0.0894. The molecule has 0 bridgehead atoms. The van der Waals surface area contributed by atoms with Crippen LogP contribution in [0.4, 0.5) is 0 Å². The fourth-order valence-corrected chi connectivity index (χ4v) is 3.00. The zero-order valence-corrected chi connectivity index (χ0v) is 12.1. The molecule has 1 fully saturated rings. The summed E-state index contributed by atoms with van der Waals surface area (Å²) in [5.41, 5.74) is 1.48. The Kier molecular flexibility index (Phi) is 5.87. The van der Waals surface area contributed by atoms with Gasteiger partial charge in [-0.15, -0.1) is 0 Å². The molecule has 0 saturated carbocycles. The fourth-order valence-electron chi connectivity index (χ4n) is 3.00. The Morgan fingerprint density at radius 3 is 2.53 bits per heavy atom. The van der Waals surface area contributed by atoms with Gasteiger partial charge in [-0.05, 0) is 43.8 Å². The van der Waals surface area contributed by atoms with Crippen molar-refractivity contribution in [1.29, 1.82) is 0 Å². The summed E-state index contributed by atoms with van der Waals surface area (Å²) in [5.74, 6) is 0.713. The first-order valence-electron chi connectivity index (χ1n) is 7.75. The van der Waals surface area contributed by atoms with E-state index < -0.39 is 0 Å². The van der Waals surface area contributed by atoms with Gasteiger partial charge in [0.05, 0.1) is 6.10 Å². The van der Waals surface area contributed by atoms with Crippen LogP contribution >= 0.6 is 0 Å². The summed E-state index contributed by atoms with van der Waals surface area (Å²) in [6.45, 7) is 5.30. The first-order valence-corrected chi connectivity index (χ1v) is 7.75. The topological polar surface area (TPSA) is 23.5 Å². The molecule has 1 saturated heterocycles. The Hall–Kier alpha value is -0.860. The third-order valence-corrected chi connectivity index (χ3v) is 4.22. The highest BCUT2D eigenvalue weighted by Gasteiger charge is 2.21. The van der Waals surface area contributed by atoms with Crippen LogP contribution in [0.2, 0.25) is 0 Å². The van der Waals surface area contributed by atoms with Crippen molar-refractivity contribution in [3.8, 4) is 0 Å². The highest BCUT2D eigenvalue weighted by molar-refractivity contribution is 5.19. The molecule has 1 heterocycles. The molecule has 0 unspecified atom stereocenters. The predicted octanol–water partition coefficient (Wildman–Crippen LogP) is 3.42. The Balaban J connectivity index is 1.73.